The van der Waals surface area contributed by atoms with Crippen LogP contribution in [0, 0.1) is 26.7 Å². The third-order valence-electron chi connectivity index (χ3n) is 21.1. The average molecular weight is 1380 g/mol. The summed E-state index contributed by atoms with van der Waals surface area (Å²) in [5, 5.41) is 26.5. The summed E-state index contributed by atoms with van der Waals surface area (Å²) in [7, 11) is 0. The molecule has 0 atom stereocenters. The number of benzene rings is 14. The van der Waals surface area contributed by atoms with Gasteiger partial charge in [0, 0.05) is 0 Å². The molecule has 0 N–H and O–H groups in total. The zero-order chi connectivity index (χ0) is 61.5. The minimum Gasteiger partial charge on any atom is -0.164 e. The average Bonchev–Trinajstić information content (AvgIpc) is 1.37. The van der Waals surface area contributed by atoms with E-state index in [0.717, 1.165) is 11.8 Å². The van der Waals surface area contributed by atoms with Crippen molar-refractivity contribution in [2.45, 2.75) is 89.9 Å². The molecule has 0 aliphatic heterocycles. The summed E-state index contributed by atoms with van der Waals surface area (Å²) < 4.78 is 0. The number of halogens is 2. The summed E-state index contributed by atoms with van der Waals surface area (Å²) >= 11 is 1.36. The quantitative estimate of drug-likeness (QED) is 0.0616. The van der Waals surface area contributed by atoms with Gasteiger partial charge < -0.3 is 39.7 Å². The predicted octanol–water partition coefficient (Wildman–Crippen LogP) is 20.6. The molecule has 0 amide bonds. The summed E-state index contributed by atoms with van der Waals surface area (Å²) in [5.41, 5.74) is 13.8. The van der Waals surface area contributed by atoms with Crippen LogP contribution in [-0.4, -0.2) is 6.88 Å². The van der Waals surface area contributed by atoms with Crippen molar-refractivity contribution in [3.63, 3.8) is 0 Å². The van der Waals surface area contributed by atoms with Crippen molar-refractivity contribution in [3.8, 4) is 44.5 Å². The summed E-state index contributed by atoms with van der Waals surface area (Å²) in [6.45, 7) is 3.06. The number of hydrogen-bond donors (Lipinski definition) is 0. The van der Waals surface area contributed by atoms with E-state index >= 15 is 0 Å². The Hall–Kier alpha value is -7.94. The number of hydrogen-bond acceptors (Lipinski definition) is 0. The molecular formula is C92H80Cl2SiZr-6. The van der Waals surface area contributed by atoms with Gasteiger partial charge in [-0.1, -0.05) is 318 Å². The van der Waals surface area contributed by atoms with Gasteiger partial charge in [-0.2, -0.15) is 12.1 Å². The zero-order valence-corrected chi connectivity index (χ0v) is 60.2. The van der Waals surface area contributed by atoms with Crippen LogP contribution in [-0.2, 0) is 36.2 Å². The second kappa shape index (κ2) is 30.2. The van der Waals surface area contributed by atoms with Crippen molar-refractivity contribution in [1.82, 2.24) is 0 Å². The normalized spacial score (nSPS) is 13.7. The first kappa shape index (κ1) is 68.0. The molecule has 4 heteroatoms. The molecule has 18 rings (SSSR count). The molecule has 0 heterocycles. The molecule has 16 aromatic rings. The first-order valence-electron chi connectivity index (χ1n) is 34.0. The van der Waals surface area contributed by atoms with E-state index in [1.807, 2.05) is 0 Å². The van der Waals surface area contributed by atoms with Gasteiger partial charge in [-0.25, -0.2) is 0 Å². The number of fused-ring (bicyclic) bond motifs is 10. The van der Waals surface area contributed by atoms with Gasteiger partial charge in [0.2, 0.25) is 0 Å². The van der Waals surface area contributed by atoms with E-state index < -0.39 is 0 Å². The number of rotatable bonds is 8. The van der Waals surface area contributed by atoms with Crippen LogP contribution in [0.3, 0.4) is 0 Å². The smallest absolute Gasteiger partial charge is 0.0107 e. The Kier molecular flexibility index (Phi) is 21.4. The maximum absolute atomic E-state index is 3.06. The van der Waals surface area contributed by atoms with Crippen molar-refractivity contribution >= 4 is 115 Å². The van der Waals surface area contributed by atoms with Gasteiger partial charge in [0.25, 0.3) is 0 Å². The van der Waals surface area contributed by atoms with Gasteiger partial charge in [0.15, 0.2) is 0 Å². The SMILES string of the molecule is [CH3-].[CH3-].[Cl-].[Cl-].[Si]=[Zr].c1ccc2c(-c3ccc(-c4c5ccccc5cc5ccccc45)c4[cH-]c(CC5CCCCCC5)cc34)c3ccccc3cc2c1.c1ccc2c(-c3ccc(-c4c5ccccc5cc5ccccc45)c4[cH-]c(CC5CCCCCC5)cc34)c3ccccc3cc2c1. The van der Waals surface area contributed by atoms with Crippen LogP contribution in [0.4, 0.5) is 0 Å². The van der Waals surface area contributed by atoms with Crippen LogP contribution in [0.2, 0.25) is 0 Å². The zero-order valence-electron chi connectivity index (χ0n) is 55.2. The standard InChI is InChI=1S/2C45H37.2CH3.2ClH.Si.Zr/c2*1-2-4-14-30(13-3-1)25-31-26-42-40(44-36-19-9-5-15-32(36)28-33-16-6-10-20-37(33)44)23-24-41(43(42)27-31)45-38-21-11-7-17-34(38)29-35-18-8-12-22-39(35)45;;;;;;/h2*5-12,15-24,26-30H,1-4,13-14,25H2;2*1H3;2*1H;;/q4*-1;;;;/p-2. The fourth-order valence-electron chi connectivity index (χ4n) is 16.8. The third-order valence-corrected chi connectivity index (χ3v) is 21.1. The molecule has 0 unspecified atom stereocenters. The van der Waals surface area contributed by atoms with E-state index in [2.05, 4.69) is 274 Å². The van der Waals surface area contributed by atoms with Gasteiger partial charge in [0.05, 0.1) is 0 Å². The van der Waals surface area contributed by atoms with Crippen molar-refractivity contribution < 1.29 is 48.1 Å². The Labute approximate surface area is 596 Å². The Balaban J connectivity index is 0.000000172. The van der Waals surface area contributed by atoms with Crippen LogP contribution in [0.5, 0.6) is 0 Å². The van der Waals surface area contributed by atoms with Crippen LogP contribution >= 0.6 is 0 Å². The van der Waals surface area contributed by atoms with Crippen molar-refractivity contribution in [3.05, 3.63) is 293 Å². The molecule has 16 aromatic carbocycles. The maximum Gasteiger partial charge on any atom is -0.0107 e. The minimum atomic E-state index is 0. The molecule has 0 bridgehead atoms. The molecular weight excluding hydrogens is 1300 g/mol. The maximum atomic E-state index is 3.06. The third kappa shape index (κ3) is 12.9. The fraction of sp³-hybridized carbons (Fsp3) is 0.174. The van der Waals surface area contributed by atoms with Crippen molar-refractivity contribution in [1.29, 1.82) is 0 Å². The van der Waals surface area contributed by atoms with Gasteiger partial charge in [0.1, 0.15) is 0 Å². The van der Waals surface area contributed by atoms with Crippen LogP contribution in [0.25, 0.3) is 152 Å². The van der Waals surface area contributed by atoms with E-state index in [9.17, 15) is 0 Å². The van der Waals surface area contributed by atoms with E-state index in [-0.39, 0.29) is 39.7 Å². The van der Waals surface area contributed by atoms with E-state index in [0.29, 0.717) is 0 Å². The van der Waals surface area contributed by atoms with Gasteiger partial charge in [-0.05, 0) is 157 Å². The molecule has 0 saturated heterocycles. The van der Waals surface area contributed by atoms with Crippen LogP contribution in [0.1, 0.15) is 88.2 Å². The Morgan fingerprint density at radius 3 is 0.708 bits per heavy atom. The van der Waals surface area contributed by atoms with E-state index in [4.69, 9.17) is 0 Å². The molecule has 2 radical (unpaired) electrons. The molecule has 0 aromatic heterocycles. The molecule has 0 nitrogen and oxygen atoms in total. The molecule has 2 aliphatic carbocycles. The predicted molar refractivity (Wildman–Crippen MR) is 409 cm³/mol. The summed E-state index contributed by atoms with van der Waals surface area (Å²) in [5.74, 6) is 1.57. The van der Waals surface area contributed by atoms with Crippen LogP contribution < -0.4 is 24.8 Å². The summed E-state index contributed by atoms with van der Waals surface area (Å²) in [4.78, 5) is 0. The largest absolute Gasteiger partial charge is 0.164 e. The Morgan fingerprint density at radius 1 is 0.260 bits per heavy atom. The fourth-order valence-corrected chi connectivity index (χ4v) is 16.8. The van der Waals surface area contributed by atoms with Gasteiger partial charge in [-0.3, -0.25) is 0 Å². The summed E-state index contributed by atoms with van der Waals surface area (Å²) in [6, 6.07) is 101. The van der Waals surface area contributed by atoms with Crippen molar-refractivity contribution in [2.75, 3.05) is 0 Å². The van der Waals surface area contributed by atoms with Gasteiger partial charge >= 0.3 is 30.2 Å². The summed E-state index contributed by atoms with van der Waals surface area (Å²) in [6.07, 6.45) is 18.9. The Morgan fingerprint density at radius 2 is 0.469 bits per heavy atom. The first-order valence-corrected chi connectivity index (χ1v) is 38.2. The Bertz CT molecular complexity index is 4570. The first-order chi connectivity index (χ1) is 45.6. The van der Waals surface area contributed by atoms with E-state index in [1.165, 1.54) is 277 Å². The second-order valence-corrected chi connectivity index (χ2v) is 26.6. The second-order valence-electron chi connectivity index (χ2n) is 26.6. The monoisotopic (exact) mass is 1370 g/mol. The molecule has 2 fully saturated rings. The molecule has 476 valence electrons. The minimum absolute atomic E-state index is 0. The van der Waals surface area contributed by atoms with Gasteiger partial charge in [-0.15, -0.1) is 44.8 Å². The molecule has 2 saturated carbocycles. The van der Waals surface area contributed by atoms with Crippen LogP contribution in [0.15, 0.2) is 267 Å². The molecule has 96 heavy (non-hydrogen) atoms. The molecule has 2 aliphatic rings. The van der Waals surface area contributed by atoms with Crippen molar-refractivity contribution in [2.24, 2.45) is 11.8 Å². The van der Waals surface area contributed by atoms with E-state index in [1.54, 1.807) is 0 Å². The molecule has 0 spiro atoms. The topological polar surface area (TPSA) is 0 Å².